The van der Waals surface area contributed by atoms with Crippen molar-refractivity contribution >= 4 is 23.3 Å². The lowest BCUT2D eigenvalue weighted by atomic mass is 9.81. The fraction of sp³-hybridized carbons (Fsp3) is 0.250. The van der Waals surface area contributed by atoms with Gasteiger partial charge in [0.1, 0.15) is 23.3 Å². The van der Waals surface area contributed by atoms with Gasteiger partial charge in [0.15, 0.2) is 5.54 Å². The predicted octanol–water partition coefficient (Wildman–Crippen LogP) is 6.15. The summed E-state index contributed by atoms with van der Waals surface area (Å²) < 4.78 is 5.60. The summed E-state index contributed by atoms with van der Waals surface area (Å²) in [6.07, 6.45) is -0.890. The lowest BCUT2D eigenvalue weighted by molar-refractivity contribution is -0.124. The second-order valence-corrected chi connectivity index (χ2v) is 10.5. The van der Waals surface area contributed by atoms with Crippen LogP contribution in [0.15, 0.2) is 84.4 Å². The van der Waals surface area contributed by atoms with Crippen molar-refractivity contribution in [1.82, 2.24) is 5.32 Å². The lowest BCUT2D eigenvalue weighted by Crippen LogP contribution is -2.54. The van der Waals surface area contributed by atoms with Crippen LogP contribution in [0, 0.1) is 29.6 Å². The molecule has 1 heterocycles. The number of alkyl carbamates (subject to hydrolysis) is 1. The summed E-state index contributed by atoms with van der Waals surface area (Å²) >= 11 is 0. The molecule has 0 unspecified atom stereocenters. The maximum Gasteiger partial charge on any atom is 0.408 e. The number of anilines is 1. The van der Waals surface area contributed by atoms with E-state index in [9.17, 15) is 20.1 Å². The molecular formula is C32H30N4O3. The summed E-state index contributed by atoms with van der Waals surface area (Å²) in [5.74, 6) is -0.374. The predicted molar refractivity (Wildman–Crippen MR) is 149 cm³/mol. The fourth-order valence-corrected chi connectivity index (χ4v) is 4.82. The number of nitrogens with zero attached hydrogens (tertiary/aromatic N) is 3. The van der Waals surface area contributed by atoms with E-state index in [4.69, 9.17) is 4.74 Å². The Bertz CT molecular complexity index is 1490. The van der Waals surface area contributed by atoms with E-state index in [1.54, 1.807) is 49.9 Å². The Kier molecular flexibility index (Phi) is 7.56. The van der Waals surface area contributed by atoms with Crippen LogP contribution < -0.4 is 10.2 Å². The molecule has 0 saturated carbocycles. The van der Waals surface area contributed by atoms with E-state index < -0.39 is 17.2 Å². The van der Waals surface area contributed by atoms with E-state index in [2.05, 4.69) is 5.32 Å². The highest BCUT2D eigenvalue weighted by atomic mass is 16.6. The van der Waals surface area contributed by atoms with Crippen LogP contribution in [0.4, 0.5) is 10.5 Å². The number of benzene rings is 3. The molecule has 196 valence electrons. The highest BCUT2D eigenvalue weighted by Crippen LogP contribution is 2.47. The van der Waals surface area contributed by atoms with Gasteiger partial charge in [0.05, 0.1) is 12.2 Å². The van der Waals surface area contributed by atoms with Crippen molar-refractivity contribution in [2.75, 3.05) is 4.90 Å². The summed E-state index contributed by atoms with van der Waals surface area (Å²) in [6.45, 7) is 7.45. The Hall–Kier alpha value is -4.88. The van der Waals surface area contributed by atoms with E-state index in [-0.39, 0.29) is 24.4 Å². The van der Waals surface area contributed by atoms with Crippen molar-refractivity contribution in [3.8, 4) is 12.1 Å². The topological polar surface area (TPSA) is 106 Å². The molecule has 0 aliphatic carbocycles. The van der Waals surface area contributed by atoms with Crippen LogP contribution in [0.2, 0.25) is 0 Å². The van der Waals surface area contributed by atoms with E-state index in [1.165, 1.54) is 0 Å². The number of hydrogen-bond donors (Lipinski definition) is 1. The molecule has 1 N–H and O–H groups in total. The van der Waals surface area contributed by atoms with Crippen molar-refractivity contribution in [3.63, 3.8) is 0 Å². The maximum atomic E-state index is 14.5. The molecule has 0 bridgehead atoms. The van der Waals surface area contributed by atoms with Gasteiger partial charge in [-0.2, -0.15) is 10.5 Å². The first kappa shape index (κ1) is 27.2. The fourth-order valence-electron chi connectivity index (χ4n) is 4.82. The number of ether oxygens (including phenoxy) is 1. The molecule has 0 saturated heterocycles. The molecular weight excluding hydrogens is 488 g/mol. The van der Waals surface area contributed by atoms with Crippen LogP contribution in [0.25, 0.3) is 5.57 Å². The molecule has 7 nitrogen and oxygen atoms in total. The van der Waals surface area contributed by atoms with Crippen LogP contribution in [0.1, 0.15) is 49.4 Å². The number of aryl methyl sites for hydroxylation is 1. The van der Waals surface area contributed by atoms with Gasteiger partial charge in [-0.1, -0.05) is 72.8 Å². The van der Waals surface area contributed by atoms with Crippen molar-refractivity contribution in [3.05, 3.63) is 107 Å². The first-order valence-electron chi connectivity index (χ1n) is 12.6. The van der Waals surface area contributed by atoms with E-state index in [0.29, 0.717) is 22.4 Å². The van der Waals surface area contributed by atoms with E-state index in [0.717, 1.165) is 11.1 Å². The van der Waals surface area contributed by atoms with E-state index in [1.807, 2.05) is 73.7 Å². The first-order chi connectivity index (χ1) is 18.6. The van der Waals surface area contributed by atoms with Crippen LogP contribution in [0.5, 0.6) is 0 Å². The molecule has 3 aromatic rings. The quantitative estimate of drug-likeness (QED) is 0.394. The second-order valence-electron chi connectivity index (χ2n) is 10.5. The maximum absolute atomic E-state index is 14.5. The van der Waals surface area contributed by atoms with Gasteiger partial charge < -0.3 is 15.0 Å². The largest absolute Gasteiger partial charge is 0.444 e. The zero-order valence-corrected chi connectivity index (χ0v) is 22.5. The zero-order valence-electron chi connectivity index (χ0n) is 22.5. The van der Waals surface area contributed by atoms with Crippen LogP contribution in [0.3, 0.4) is 0 Å². The zero-order chi connectivity index (χ0) is 28.2. The number of hydrogen-bond acceptors (Lipinski definition) is 5. The minimum atomic E-state index is -1.62. The summed E-state index contributed by atoms with van der Waals surface area (Å²) in [5.41, 5.74) is 1.50. The first-order valence-corrected chi connectivity index (χ1v) is 12.6. The molecule has 39 heavy (non-hydrogen) atoms. The second kappa shape index (κ2) is 10.8. The van der Waals surface area contributed by atoms with Crippen molar-refractivity contribution in [2.45, 2.75) is 51.8 Å². The van der Waals surface area contributed by atoms with Crippen molar-refractivity contribution in [2.24, 2.45) is 0 Å². The van der Waals surface area contributed by atoms with Gasteiger partial charge >= 0.3 is 6.09 Å². The Labute approximate surface area is 228 Å². The Morgan fingerprint density at radius 2 is 1.59 bits per heavy atom. The number of amides is 2. The number of carbonyl (C=O) groups excluding carboxylic acids is 2. The van der Waals surface area contributed by atoms with Crippen molar-refractivity contribution < 1.29 is 14.3 Å². The number of fused-ring (bicyclic) bond motifs is 1. The number of nitriles is 2. The highest BCUT2D eigenvalue weighted by molar-refractivity contribution is 6.10. The standard InChI is InChI=1S/C32H30N4O3/c1-22-15-16-27-28(17-22)36(21-23-11-7-5-8-12-23)29(37)32(27,35-30(38)39-31(2,3)4)18-26(25(19-33)20-34)24-13-9-6-10-14-24/h5-17H,18,21H2,1-4H3,(H,35,38)/t32-/m1/s1. The number of allylic oxidation sites excluding steroid dienone is 1. The summed E-state index contributed by atoms with van der Waals surface area (Å²) in [4.78, 5) is 29.5. The average Bonchev–Trinajstić information content (AvgIpc) is 3.10. The number of nitrogens with one attached hydrogen (secondary N) is 1. The summed E-state index contributed by atoms with van der Waals surface area (Å²) in [5, 5.41) is 22.6. The molecule has 4 rings (SSSR count). The Morgan fingerprint density at radius 3 is 2.18 bits per heavy atom. The molecule has 1 aliphatic heterocycles. The summed E-state index contributed by atoms with van der Waals surface area (Å²) in [7, 11) is 0. The molecule has 0 fully saturated rings. The smallest absolute Gasteiger partial charge is 0.408 e. The molecule has 0 aromatic heterocycles. The molecule has 1 atom stereocenters. The molecule has 3 aromatic carbocycles. The minimum absolute atomic E-state index is 0.118. The average molecular weight is 519 g/mol. The molecule has 0 radical (unpaired) electrons. The van der Waals surface area contributed by atoms with Gasteiger partial charge in [0.2, 0.25) is 0 Å². The van der Waals surface area contributed by atoms with E-state index >= 15 is 0 Å². The third-order valence-corrected chi connectivity index (χ3v) is 6.50. The van der Waals surface area contributed by atoms with Gasteiger partial charge in [-0.05, 0) is 56.0 Å². The third-order valence-electron chi connectivity index (χ3n) is 6.50. The molecule has 2 amide bonds. The van der Waals surface area contributed by atoms with Crippen LogP contribution in [-0.4, -0.2) is 17.6 Å². The SMILES string of the molecule is Cc1ccc2c(c1)N(Cc1ccccc1)C(=O)[C@]2(CC(=C(C#N)C#N)c1ccccc1)NC(=O)OC(C)(C)C. The molecule has 0 spiro atoms. The number of carbonyl (C=O) groups is 2. The van der Waals surface area contributed by atoms with Gasteiger partial charge in [0, 0.05) is 12.0 Å². The van der Waals surface area contributed by atoms with Crippen LogP contribution >= 0.6 is 0 Å². The monoisotopic (exact) mass is 518 g/mol. The molecule has 1 aliphatic rings. The minimum Gasteiger partial charge on any atom is -0.444 e. The highest BCUT2D eigenvalue weighted by Gasteiger charge is 2.53. The molecule has 7 heteroatoms. The Morgan fingerprint density at radius 1 is 0.974 bits per heavy atom. The van der Waals surface area contributed by atoms with Gasteiger partial charge in [-0.25, -0.2) is 4.79 Å². The van der Waals surface area contributed by atoms with Gasteiger partial charge in [-0.15, -0.1) is 0 Å². The van der Waals surface area contributed by atoms with Crippen LogP contribution in [-0.2, 0) is 21.6 Å². The Balaban J connectivity index is 1.93. The van der Waals surface area contributed by atoms with Gasteiger partial charge in [0.25, 0.3) is 5.91 Å². The van der Waals surface area contributed by atoms with Gasteiger partial charge in [-0.3, -0.25) is 4.79 Å². The number of rotatable bonds is 6. The van der Waals surface area contributed by atoms with Crippen molar-refractivity contribution in [1.29, 1.82) is 10.5 Å². The third kappa shape index (κ3) is 5.68. The lowest BCUT2D eigenvalue weighted by Gasteiger charge is -2.32. The summed E-state index contributed by atoms with van der Waals surface area (Å²) in [6, 6.07) is 28.1. The normalized spacial score (nSPS) is 16.1.